The second-order valence-electron chi connectivity index (χ2n) is 10.3. The Hall–Kier alpha value is -4.26. The molecule has 0 spiro atoms. The molecule has 0 heterocycles. The van der Waals surface area contributed by atoms with E-state index in [-0.39, 0.29) is 76.3 Å². The summed E-state index contributed by atoms with van der Waals surface area (Å²) in [5, 5.41) is 8.93. The molecule has 12 heteroatoms. The molecule has 0 saturated heterocycles. The summed E-state index contributed by atoms with van der Waals surface area (Å²) in [4.78, 5) is 38.2. The second-order valence-corrected chi connectivity index (χ2v) is 11.6. The maximum absolute atomic E-state index is 13.7. The van der Waals surface area contributed by atoms with Gasteiger partial charge in [-0.25, -0.2) is 8.42 Å². The van der Waals surface area contributed by atoms with Crippen molar-refractivity contribution >= 4 is 44.7 Å². The summed E-state index contributed by atoms with van der Waals surface area (Å²) in [6.07, 6.45) is 1.03. The first-order valence-electron chi connectivity index (χ1n) is 13.6. The molecule has 10 nitrogen and oxygen atoms in total. The van der Waals surface area contributed by atoms with E-state index in [0.29, 0.717) is 33.8 Å². The summed E-state index contributed by atoms with van der Waals surface area (Å²) >= 11 is 0. The number of ketones is 2. The minimum Gasteiger partial charge on any atom is -0.744 e. The Morgan fingerprint density at radius 3 is 2.07 bits per heavy atom. The zero-order valence-electron chi connectivity index (χ0n) is 24.8. The molecule has 0 aromatic heterocycles. The molecule has 0 atom stereocenters. The van der Waals surface area contributed by atoms with Gasteiger partial charge >= 0.3 is 29.6 Å². The molecule has 5 rings (SSSR count). The van der Waals surface area contributed by atoms with Crippen LogP contribution in [-0.4, -0.2) is 36.5 Å². The molecule has 1 aliphatic rings. The number of rotatable bonds is 10. The maximum atomic E-state index is 13.7. The number of anilines is 3. The maximum Gasteiger partial charge on any atom is 1.00 e. The third-order valence-electron chi connectivity index (χ3n) is 6.83. The first-order valence-corrected chi connectivity index (χ1v) is 15.0. The Morgan fingerprint density at radius 1 is 0.889 bits per heavy atom. The van der Waals surface area contributed by atoms with E-state index in [1.165, 1.54) is 18.2 Å². The van der Waals surface area contributed by atoms with Gasteiger partial charge in [0.05, 0.1) is 16.8 Å². The van der Waals surface area contributed by atoms with Gasteiger partial charge in [-0.15, -0.1) is 0 Å². The van der Waals surface area contributed by atoms with Gasteiger partial charge in [0.2, 0.25) is 5.91 Å². The summed E-state index contributed by atoms with van der Waals surface area (Å²) in [6, 6.07) is 20.9. The van der Waals surface area contributed by atoms with Crippen molar-refractivity contribution in [3.8, 4) is 11.5 Å². The molecule has 0 aliphatic heterocycles. The van der Waals surface area contributed by atoms with Crippen molar-refractivity contribution in [2.75, 3.05) is 10.6 Å². The molecule has 0 fully saturated rings. The van der Waals surface area contributed by atoms with Crippen LogP contribution in [0.1, 0.15) is 51.3 Å². The molecule has 3 N–H and O–H groups in total. The molecule has 4 aromatic rings. The number of carbonyl (C=O) groups excluding carboxylic acids is 3. The summed E-state index contributed by atoms with van der Waals surface area (Å²) in [5.74, 6) is -1.03. The topological polar surface area (TPSA) is 154 Å². The van der Waals surface area contributed by atoms with Crippen LogP contribution >= 0.6 is 0 Å². The van der Waals surface area contributed by atoms with Gasteiger partial charge in [-0.3, -0.25) is 14.4 Å². The van der Waals surface area contributed by atoms with E-state index < -0.39 is 20.9 Å². The van der Waals surface area contributed by atoms with Crippen molar-refractivity contribution in [3.05, 3.63) is 119 Å². The van der Waals surface area contributed by atoms with Crippen LogP contribution in [0, 0.1) is 0 Å². The smallest absolute Gasteiger partial charge is 0.744 e. The average molecular weight is 634 g/mol. The monoisotopic (exact) mass is 633 g/mol. The van der Waals surface area contributed by atoms with Gasteiger partial charge in [-0.1, -0.05) is 43.0 Å². The summed E-state index contributed by atoms with van der Waals surface area (Å²) in [6.45, 7) is 7.01. The first kappa shape index (κ1) is 33.6. The van der Waals surface area contributed by atoms with Crippen molar-refractivity contribution in [1.29, 1.82) is 0 Å². The van der Waals surface area contributed by atoms with Crippen LogP contribution in [0.25, 0.3) is 0 Å². The number of fused-ring (bicyclic) bond motifs is 2. The zero-order chi connectivity index (χ0) is 31.6. The fourth-order valence-corrected chi connectivity index (χ4v) is 5.78. The molecule has 4 aromatic carbocycles. The normalized spacial score (nSPS) is 12.0. The van der Waals surface area contributed by atoms with E-state index in [2.05, 4.69) is 22.5 Å². The first-order chi connectivity index (χ1) is 21.0. The van der Waals surface area contributed by atoms with Gasteiger partial charge in [-0.2, -0.15) is 0 Å². The van der Waals surface area contributed by atoms with Crippen LogP contribution in [0.3, 0.4) is 0 Å². The van der Waals surface area contributed by atoms with Crippen molar-refractivity contribution in [1.82, 2.24) is 5.32 Å². The van der Waals surface area contributed by atoms with Crippen LogP contribution in [0.4, 0.5) is 17.1 Å². The van der Waals surface area contributed by atoms with Crippen LogP contribution < -0.4 is 50.2 Å². The van der Waals surface area contributed by atoms with Gasteiger partial charge in [-0.05, 0) is 68.0 Å². The molecule has 1 aliphatic carbocycles. The van der Waals surface area contributed by atoms with Crippen molar-refractivity contribution in [3.63, 3.8) is 0 Å². The summed E-state index contributed by atoms with van der Waals surface area (Å²) < 4.78 is 42.2. The molecule has 0 saturated carbocycles. The van der Waals surface area contributed by atoms with Crippen LogP contribution in [0.2, 0.25) is 0 Å². The number of hydrogen-bond acceptors (Lipinski definition) is 9. The van der Waals surface area contributed by atoms with Crippen LogP contribution in [0.5, 0.6) is 11.5 Å². The van der Waals surface area contributed by atoms with E-state index in [1.807, 2.05) is 13.8 Å². The summed E-state index contributed by atoms with van der Waals surface area (Å²) in [7, 11) is -4.97. The molecule has 224 valence electrons. The number of nitrogens with one attached hydrogen (secondary N) is 3. The number of amides is 1. The molecule has 0 bridgehead atoms. The molecule has 0 unspecified atom stereocenters. The largest absolute Gasteiger partial charge is 1.00 e. The van der Waals surface area contributed by atoms with Crippen molar-refractivity contribution < 1.29 is 61.6 Å². The molecule has 0 radical (unpaired) electrons. The predicted octanol–water partition coefficient (Wildman–Crippen LogP) is 2.53. The van der Waals surface area contributed by atoms with E-state index in [9.17, 15) is 27.4 Å². The molecular weight excluding hydrogens is 605 g/mol. The van der Waals surface area contributed by atoms with Gasteiger partial charge in [0.1, 0.15) is 26.5 Å². The van der Waals surface area contributed by atoms with E-state index in [4.69, 9.17) is 4.74 Å². The minimum absolute atomic E-state index is 0. The van der Waals surface area contributed by atoms with E-state index >= 15 is 0 Å². The van der Waals surface area contributed by atoms with Gasteiger partial charge < -0.3 is 25.2 Å². The predicted molar refractivity (Wildman–Crippen MR) is 165 cm³/mol. The SMILES string of the molecule is C=CC(=O)NCc1cccc(Oc2ccc(Nc3ccc(NC(C)C)c4c3C(=O)c3ccccc3C4=O)cc2)c1S(=O)(=O)[O-].[Na+]. The Morgan fingerprint density at radius 2 is 1.49 bits per heavy atom. The third kappa shape index (κ3) is 7.19. The fraction of sp³-hybridized carbons (Fsp3) is 0.121. The van der Waals surface area contributed by atoms with Crippen molar-refractivity contribution in [2.24, 2.45) is 0 Å². The van der Waals surface area contributed by atoms with Gasteiger partial charge in [0, 0.05) is 35.1 Å². The Bertz CT molecular complexity index is 1920. The second kappa shape index (κ2) is 13.8. The van der Waals surface area contributed by atoms with E-state index in [0.717, 1.165) is 6.08 Å². The minimum atomic E-state index is -4.97. The number of benzene rings is 4. The molecular formula is C33H28N3NaO7S. The zero-order valence-corrected chi connectivity index (χ0v) is 27.7. The quantitative estimate of drug-likeness (QED) is 0.120. The average Bonchev–Trinajstić information content (AvgIpc) is 2.99. The van der Waals surface area contributed by atoms with E-state index in [1.54, 1.807) is 60.7 Å². The summed E-state index contributed by atoms with van der Waals surface area (Å²) in [5.41, 5.74) is 2.84. The number of ether oxygens (including phenoxy) is 1. The number of hydrogen-bond donors (Lipinski definition) is 3. The fourth-order valence-electron chi connectivity index (χ4n) is 4.97. The standard InChI is InChI=1S/C33H29N3O7S.Na/c1-4-28(37)34-18-20-8-7-11-27(33(20)44(40,41)42)43-22-14-12-21(13-15-22)36-26-17-16-25(35-19(2)3)29-30(26)32(39)24-10-6-5-9-23(24)31(29)38;/h4-17,19,35-36H,1,18H2,2-3H3,(H,34,37)(H,40,41,42);/q;+1/p-1. The molecule has 45 heavy (non-hydrogen) atoms. The third-order valence-corrected chi connectivity index (χ3v) is 7.79. The van der Waals surface area contributed by atoms with Gasteiger partial charge in [0.15, 0.2) is 11.6 Å². The van der Waals surface area contributed by atoms with Crippen LogP contribution in [-0.2, 0) is 21.5 Å². The van der Waals surface area contributed by atoms with Crippen molar-refractivity contribution in [2.45, 2.75) is 31.3 Å². The Balaban J connectivity index is 0.00000461. The number of carbonyl (C=O) groups is 3. The van der Waals surface area contributed by atoms with Gasteiger partial charge in [0.25, 0.3) is 0 Å². The van der Waals surface area contributed by atoms with Crippen LogP contribution in [0.15, 0.2) is 96.4 Å². The Kier molecular flexibility index (Phi) is 10.3. The Labute approximate surface area is 282 Å². The molecule has 1 amide bonds.